The van der Waals surface area contributed by atoms with Gasteiger partial charge < -0.3 is 10.6 Å². The fourth-order valence-electron chi connectivity index (χ4n) is 2.23. The second kappa shape index (κ2) is 12.9. The van der Waals surface area contributed by atoms with Gasteiger partial charge in [-0.15, -0.1) is 46.7 Å². The monoisotopic (exact) mass is 510 g/mol. The number of thiazole rings is 1. The van der Waals surface area contributed by atoms with Crippen LogP contribution in [0.5, 0.6) is 0 Å². The molecule has 2 aromatic heterocycles. The lowest BCUT2D eigenvalue weighted by Crippen LogP contribution is -2.38. The van der Waals surface area contributed by atoms with Crippen LogP contribution in [0.15, 0.2) is 22.5 Å². The third-order valence-corrected chi connectivity index (χ3v) is 6.13. The smallest absolute Gasteiger partial charge is 0.190 e. The summed E-state index contributed by atoms with van der Waals surface area (Å²) in [6.07, 6.45) is 5.59. The second-order valence-corrected chi connectivity index (χ2v) is 8.61. The van der Waals surface area contributed by atoms with Crippen molar-refractivity contribution < 1.29 is 0 Å². The number of aromatic nitrogens is 1. The maximum atomic E-state index is 4.55. The van der Waals surface area contributed by atoms with E-state index in [0.717, 1.165) is 36.2 Å². The van der Waals surface area contributed by atoms with E-state index < -0.39 is 0 Å². The van der Waals surface area contributed by atoms with Crippen LogP contribution < -0.4 is 10.6 Å². The van der Waals surface area contributed by atoms with Gasteiger partial charge in [-0.05, 0) is 50.3 Å². The summed E-state index contributed by atoms with van der Waals surface area (Å²) in [5, 5.41) is 10.0. The summed E-state index contributed by atoms with van der Waals surface area (Å²) in [4.78, 5) is 11.5. The predicted octanol–water partition coefficient (Wildman–Crippen LogP) is 4.65. The van der Waals surface area contributed by atoms with E-state index in [0.29, 0.717) is 0 Å². The van der Waals surface area contributed by atoms with Crippen molar-refractivity contribution in [3.05, 3.63) is 27.4 Å². The molecule has 2 heterocycles. The third-order valence-electron chi connectivity index (χ3n) is 3.49. The number of rotatable bonds is 9. The highest BCUT2D eigenvalue weighted by atomic mass is 127. The quantitative estimate of drug-likeness (QED) is 0.223. The molecule has 0 aliphatic rings. The van der Waals surface area contributed by atoms with E-state index in [1.54, 1.807) is 11.3 Å². The molecule has 0 saturated heterocycles. The van der Waals surface area contributed by atoms with Gasteiger partial charge in [-0.1, -0.05) is 0 Å². The number of hydrogen-bond donors (Lipinski definition) is 2. The van der Waals surface area contributed by atoms with Crippen LogP contribution in [0.1, 0.15) is 22.7 Å². The van der Waals surface area contributed by atoms with Crippen LogP contribution >= 0.6 is 58.4 Å². The Morgan fingerprint density at radius 3 is 2.72 bits per heavy atom. The molecule has 25 heavy (non-hydrogen) atoms. The highest BCUT2D eigenvalue weighted by Crippen LogP contribution is 2.29. The molecule has 0 fully saturated rings. The Bertz CT molecular complexity index is 639. The molecule has 2 N–H and O–H groups in total. The second-order valence-electron chi connectivity index (χ2n) is 5.39. The Balaban J connectivity index is 0.00000312. The van der Waals surface area contributed by atoms with Gasteiger partial charge in [0, 0.05) is 30.4 Å². The SMILES string of the molecule is CN=C(NCCCCSC)NCCc1ccc(-c2csc(C)n2)s1.I. The highest BCUT2D eigenvalue weighted by Gasteiger charge is 2.06. The van der Waals surface area contributed by atoms with Crippen LogP contribution in [0.2, 0.25) is 0 Å². The van der Waals surface area contributed by atoms with Crippen LogP contribution in [0.3, 0.4) is 0 Å². The van der Waals surface area contributed by atoms with Crippen LogP contribution in [-0.4, -0.2) is 43.1 Å². The zero-order valence-corrected chi connectivity index (χ0v) is 19.8. The van der Waals surface area contributed by atoms with Gasteiger partial charge in [-0.25, -0.2) is 4.98 Å². The largest absolute Gasteiger partial charge is 0.356 e. The fraction of sp³-hybridized carbons (Fsp3) is 0.529. The van der Waals surface area contributed by atoms with Gasteiger partial charge in [0.25, 0.3) is 0 Å². The fourth-order valence-corrected chi connectivity index (χ4v) is 4.38. The number of aliphatic imine (C=N–C) groups is 1. The van der Waals surface area contributed by atoms with E-state index in [-0.39, 0.29) is 24.0 Å². The maximum Gasteiger partial charge on any atom is 0.190 e. The van der Waals surface area contributed by atoms with Gasteiger partial charge in [-0.3, -0.25) is 4.99 Å². The molecule has 140 valence electrons. The average Bonchev–Trinajstić information content (AvgIpc) is 3.22. The average molecular weight is 511 g/mol. The first-order valence-corrected chi connectivity index (χ1v) is 11.3. The van der Waals surface area contributed by atoms with Crippen molar-refractivity contribution in [2.24, 2.45) is 4.99 Å². The molecule has 0 atom stereocenters. The van der Waals surface area contributed by atoms with Crippen molar-refractivity contribution in [3.63, 3.8) is 0 Å². The molecule has 0 aliphatic carbocycles. The van der Waals surface area contributed by atoms with Crippen molar-refractivity contribution in [3.8, 4) is 10.6 Å². The number of thiophene rings is 1. The topological polar surface area (TPSA) is 49.3 Å². The van der Waals surface area contributed by atoms with E-state index in [1.165, 1.54) is 28.3 Å². The van der Waals surface area contributed by atoms with Gasteiger partial charge >= 0.3 is 0 Å². The van der Waals surface area contributed by atoms with Gasteiger partial charge in [0.2, 0.25) is 0 Å². The number of hydrogen-bond acceptors (Lipinski definition) is 5. The molecule has 2 aromatic rings. The van der Waals surface area contributed by atoms with E-state index in [1.807, 2.05) is 37.1 Å². The summed E-state index contributed by atoms with van der Waals surface area (Å²) < 4.78 is 0. The Labute approximate surface area is 180 Å². The number of halogens is 1. The molecule has 0 bridgehead atoms. The first-order valence-electron chi connectivity index (χ1n) is 8.17. The van der Waals surface area contributed by atoms with Gasteiger partial charge in [0.15, 0.2) is 5.96 Å². The molecular weight excluding hydrogens is 483 g/mol. The van der Waals surface area contributed by atoms with Gasteiger partial charge in [0.05, 0.1) is 15.6 Å². The summed E-state index contributed by atoms with van der Waals surface area (Å²) in [5.41, 5.74) is 1.10. The minimum absolute atomic E-state index is 0. The van der Waals surface area contributed by atoms with Crippen LogP contribution in [0, 0.1) is 6.92 Å². The van der Waals surface area contributed by atoms with Crippen LogP contribution in [-0.2, 0) is 6.42 Å². The minimum Gasteiger partial charge on any atom is -0.356 e. The summed E-state index contributed by atoms with van der Waals surface area (Å²) in [7, 11) is 1.82. The van der Waals surface area contributed by atoms with Gasteiger partial charge in [-0.2, -0.15) is 11.8 Å². The van der Waals surface area contributed by atoms with E-state index in [2.05, 4.69) is 44.4 Å². The summed E-state index contributed by atoms with van der Waals surface area (Å²) in [6, 6.07) is 4.38. The molecule has 2 rings (SSSR count). The van der Waals surface area contributed by atoms with E-state index in [4.69, 9.17) is 0 Å². The zero-order valence-electron chi connectivity index (χ0n) is 15.0. The molecule has 0 aromatic carbocycles. The number of guanidine groups is 1. The van der Waals surface area contributed by atoms with Crippen molar-refractivity contribution in [2.75, 3.05) is 32.1 Å². The minimum atomic E-state index is 0. The normalized spacial score (nSPS) is 11.2. The molecule has 8 heteroatoms. The van der Waals surface area contributed by atoms with Crippen LogP contribution in [0.4, 0.5) is 0 Å². The Hall–Kier alpha value is -0.320. The molecule has 0 spiro atoms. The van der Waals surface area contributed by atoms with Gasteiger partial charge in [0.1, 0.15) is 0 Å². The maximum absolute atomic E-state index is 4.55. The van der Waals surface area contributed by atoms with Crippen molar-refractivity contribution >= 4 is 64.4 Å². The van der Waals surface area contributed by atoms with E-state index in [9.17, 15) is 0 Å². The Morgan fingerprint density at radius 1 is 1.24 bits per heavy atom. The number of unbranched alkanes of at least 4 members (excludes halogenated alkanes) is 1. The summed E-state index contributed by atoms with van der Waals surface area (Å²) >= 11 is 5.43. The number of nitrogens with one attached hydrogen (secondary N) is 2. The predicted molar refractivity (Wildman–Crippen MR) is 126 cm³/mol. The molecule has 0 saturated carbocycles. The highest BCUT2D eigenvalue weighted by molar-refractivity contribution is 14.0. The molecule has 0 aliphatic heterocycles. The van der Waals surface area contributed by atoms with Crippen molar-refractivity contribution in [2.45, 2.75) is 26.2 Å². The molecule has 4 nitrogen and oxygen atoms in total. The molecule has 0 amide bonds. The Kier molecular flexibility index (Phi) is 11.8. The standard InChI is InChI=1S/C17H26N4S3.HI/c1-13-21-15(12-23-13)16-7-6-14(24-16)8-10-20-17(18-2)19-9-4-5-11-22-3;/h6-7,12H,4-5,8-11H2,1-3H3,(H2,18,19,20);1H. The number of nitrogens with zero attached hydrogens (tertiary/aromatic N) is 2. The van der Waals surface area contributed by atoms with E-state index >= 15 is 0 Å². The van der Waals surface area contributed by atoms with Crippen molar-refractivity contribution in [1.82, 2.24) is 15.6 Å². The summed E-state index contributed by atoms with van der Waals surface area (Å²) in [6.45, 7) is 3.92. The molecular formula is C17H27IN4S3. The lowest BCUT2D eigenvalue weighted by Gasteiger charge is -2.11. The summed E-state index contributed by atoms with van der Waals surface area (Å²) in [5.74, 6) is 2.12. The van der Waals surface area contributed by atoms with Crippen molar-refractivity contribution in [1.29, 1.82) is 0 Å². The Morgan fingerprint density at radius 2 is 2.04 bits per heavy atom. The molecule has 0 unspecified atom stereocenters. The number of thioether (sulfide) groups is 1. The first kappa shape index (κ1) is 22.7. The first-order chi connectivity index (χ1) is 11.7. The lowest BCUT2D eigenvalue weighted by molar-refractivity contribution is 0.731. The molecule has 0 radical (unpaired) electrons. The number of aryl methyl sites for hydroxylation is 1. The third kappa shape index (κ3) is 8.27. The zero-order chi connectivity index (χ0) is 17.2. The van der Waals surface area contributed by atoms with Crippen LogP contribution in [0.25, 0.3) is 10.6 Å². The lowest BCUT2D eigenvalue weighted by atomic mass is 10.3.